The van der Waals surface area contributed by atoms with Crippen molar-refractivity contribution in [2.75, 3.05) is 18.5 Å². The zero-order valence-corrected chi connectivity index (χ0v) is 18.5. The van der Waals surface area contributed by atoms with Gasteiger partial charge in [0, 0.05) is 11.6 Å². The molecule has 0 fully saturated rings. The van der Waals surface area contributed by atoms with Crippen molar-refractivity contribution >= 4 is 52.8 Å². The first-order chi connectivity index (χ1) is 14.7. The van der Waals surface area contributed by atoms with Crippen LogP contribution in [-0.2, 0) is 14.4 Å². The first-order valence-electron chi connectivity index (χ1n) is 9.33. The maximum absolute atomic E-state index is 12.1. The summed E-state index contributed by atoms with van der Waals surface area (Å²) in [6.07, 6.45) is 1.36. The lowest BCUT2D eigenvalue weighted by molar-refractivity contribution is -0.139. The Morgan fingerprint density at radius 3 is 2.58 bits per heavy atom. The number of halogens is 2. The Bertz CT molecular complexity index is 980. The number of anilines is 1. The van der Waals surface area contributed by atoms with E-state index in [1.807, 2.05) is 13.8 Å². The highest BCUT2D eigenvalue weighted by Crippen LogP contribution is 2.25. The Morgan fingerprint density at radius 1 is 1.10 bits per heavy atom. The van der Waals surface area contributed by atoms with E-state index in [0.29, 0.717) is 33.6 Å². The van der Waals surface area contributed by atoms with E-state index in [1.54, 1.807) is 36.4 Å². The first kappa shape index (κ1) is 24.2. The molecule has 2 aromatic rings. The maximum Gasteiger partial charge on any atom is 0.329 e. The smallest absolute Gasteiger partial charge is 0.329 e. The van der Waals surface area contributed by atoms with Gasteiger partial charge in [-0.05, 0) is 41.8 Å². The first-order valence-corrected chi connectivity index (χ1v) is 10.1. The van der Waals surface area contributed by atoms with Gasteiger partial charge in [0.05, 0.1) is 16.9 Å². The molecule has 3 N–H and O–H groups in total. The summed E-state index contributed by atoms with van der Waals surface area (Å²) in [6, 6.07) is 11.4. The molecule has 0 aliphatic carbocycles. The third kappa shape index (κ3) is 8.65. The van der Waals surface area contributed by atoms with Crippen LogP contribution in [0.15, 0.2) is 47.6 Å². The molecule has 0 heterocycles. The fraction of sp³-hybridized carbons (Fsp3) is 0.238. The third-order valence-electron chi connectivity index (χ3n) is 3.69. The Labute approximate surface area is 189 Å². The van der Waals surface area contributed by atoms with E-state index in [1.165, 1.54) is 12.3 Å². The summed E-state index contributed by atoms with van der Waals surface area (Å²) in [5.74, 6) is -1.37. The van der Waals surface area contributed by atoms with Crippen molar-refractivity contribution in [2.24, 2.45) is 11.0 Å². The molecule has 0 aromatic heterocycles. The minimum atomic E-state index is -0.859. The molecule has 8 nitrogen and oxygen atoms in total. The summed E-state index contributed by atoms with van der Waals surface area (Å²) in [5, 5.41) is 9.66. The van der Waals surface area contributed by atoms with Crippen LogP contribution in [-0.4, -0.2) is 37.1 Å². The van der Waals surface area contributed by atoms with Gasteiger partial charge in [0.1, 0.15) is 5.75 Å². The summed E-state index contributed by atoms with van der Waals surface area (Å²) < 4.78 is 5.47. The van der Waals surface area contributed by atoms with Crippen LogP contribution in [0.25, 0.3) is 0 Å². The Morgan fingerprint density at radius 2 is 1.87 bits per heavy atom. The lowest BCUT2D eigenvalue weighted by Gasteiger charge is -2.09. The largest absolute Gasteiger partial charge is 0.484 e. The predicted molar refractivity (Wildman–Crippen MR) is 121 cm³/mol. The molecule has 0 radical (unpaired) electrons. The van der Waals surface area contributed by atoms with Crippen molar-refractivity contribution in [3.05, 3.63) is 58.1 Å². The van der Waals surface area contributed by atoms with Crippen LogP contribution >= 0.6 is 23.2 Å². The molecule has 10 heteroatoms. The highest BCUT2D eigenvalue weighted by Gasteiger charge is 2.12. The number of nitrogens with zero attached hydrogens (tertiary/aromatic N) is 1. The van der Waals surface area contributed by atoms with Gasteiger partial charge in [-0.1, -0.05) is 49.2 Å². The van der Waals surface area contributed by atoms with Gasteiger partial charge in [-0.2, -0.15) is 5.10 Å². The lowest BCUT2D eigenvalue weighted by Crippen LogP contribution is -2.39. The Kier molecular flexibility index (Phi) is 9.30. The van der Waals surface area contributed by atoms with Crippen molar-refractivity contribution in [1.29, 1.82) is 0 Å². The molecule has 3 amide bonds. The van der Waals surface area contributed by atoms with Crippen LogP contribution in [0, 0.1) is 5.92 Å². The number of hydrogen-bond acceptors (Lipinski definition) is 5. The number of amides is 3. The summed E-state index contributed by atoms with van der Waals surface area (Å²) in [7, 11) is 0. The molecule has 0 atom stereocenters. The van der Waals surface area contributed by atoms with Crippen molar-refractivity contribution in [3.8, 4) is 5.75 Å². The van der Waals surface area contributed by atoms with E-state index in [-0.39, 0.29) is 12.5 Å². The number of carbonyl (C=O) groups is 3. The molecule has 0 spiro atoms. The number of rotatable bonds is 8. The second-order valence-electron chi connectivity index (χ2n) is 6.84. The summed E-state index contributed by atoms with van der Waals surface area (Å²) in [6.45, 7) is 3.99. The van der Waals surface area contributed by atoms with E-state index in [2.05, 4.69) is 21.2 Å². The number of hydrogen-bond donors (Lipinski definition) is 3. The molecule has 2 rings (SSSR count). The summed E-state index contributed by atoms with van der Waals surface area (Å²) in [5.41, 5.74) is 3.18. The number of hydrazone groups is 1. The lowest BCUT2D eigenvalue weighted by atomic mass is 10.2. The molecule has 31 heavy (non-hydrogen) atoms. The van der Waals surface area contributed by atoms with Gasteiger partial charge in [0.25, 0.3) is 5.91 Å². The Balaban J connectivity index is 1.84. The van der Waals surface area contributed by atoms with Gasteiger partial charge in [0.15, 0.2) is 6.61 Å². The second-order valence-corrected chi connectivity index (χ2v) is 7.68. The summed E-state index contributed by atoms with van der Waals surface area (Å²) in [4.78, 5) is 35.3. The highest BCUT2D eigenvalue weighted by atomic mass is 35.5. The van der Waals surface area contributed by atoms with Crippen LogP contribution in [0.5, 0.6) is 5.75 Å². The zero-order chi connectivity index (χ0) is 22.8. The molecular formula is C21H22Cl2N4O4. The zero-order valence-electron chi connectivity index (χ0n) is 16.9. The van der Waals surface area contributed by atoms with E-state index in [9.17, 15) is 14.4 Å². The average molecular weight is 465 g/mol. The topological polar surface area (TPSA) is 109 Å². The molecule has 2 aromatic carbocycles. The molecule has 0 saturated heterocycles. The van der Waals surface area contributed by atoms with Crippen molar-refractivity contribution in [1.82, 2.24) is 10.7 Å². The van der Waals surface area contributed by atoms with Crippen molar-refractivity contribution < 1.29 is 19.1 Å². The molecule has 0 aliphatic rings. The van der Waals surface area contributed by atoms with Crippen LogP contribution in [0.2, 0.25) is 10.0 Å². The van der Waals surface area contributed by atoms with Gasteiger partial charge >= 0.3 is 11.8 Å². The number of carbonyl (C=O) groups excluding carboxylic acids is 3. The average Bonchev–Trinajstić information content (AvgIpc) is 2.72. The van der Waals surface area contributed by atoms with Crippen LogP contribution in [0.3, 0.4) is 0 Å². The fourth-order valence-electron chi connectivity index (χ4n) is 2.20. The predicted octanol–water partition coefficient (Wildman–Crippen LogP) is 3.23. The molecule has 0 aliphatic heterocycles. The van der Waals surface area contributed by atoms with Gasteiger partial charge in [-0.25, -0.2) is 5.43 Å². The molecular weight excluding hydrogens is 443 g/mol. The molecule has 0 bridgehead atoms. The van der Waals surface area contributed by atoms with Crippen molar-refractivity contribution in [3.63, 3.8) is 0 Å². The Hall–Kier alpha value is -3.10. The van der Waals surface area contributed by atoms with E-state index in [4.69, 9.17) is 27.9 Å². The van der Waals surface area contributed by atoms with Gasteiger partial charge in [0.2, 0.25) is 0 Å². The summed E-state index contributed by atoms with van der Waals surface area (Å²) >= 11 is 11.9. The minimum Gasteiger partial charge on any atom is -0.484 e. The SMILES string of the molecule is CC(C)CNC(=O)C(=O)N/N=C\c1cccc(OCC(=O)Nc2ccc(Cl)cc2Cl)c1. The van der Waals surface area contributed by atoms with E-state index >= 15 is 0 Å². The number of benzene rings is 2. The quantitative estimate of drug-likeness (QED) is 0.316. The molecule has 0 saturated carbocycles. The van der Waals surface area contributed by atoms with Crippen LogP contribution < -0.4 is 20.8 Å². The monoisotopic (exact) mass is 464 g/mol. The van der Waals surface area contributed by atoms with Crippen LogP contribution in [0.4, 0.5) is 5.69 Å². The van der Waals surface area contributed by atoms with E-state index in [0.717, 1.165) is 0 Å². The van der Waals surface area contributed by atoms with Gasteiger partial charge in [-0.3, -0.25) is 14.4 Å². The normalized spacial score (nSPS) is 10.7. The standard InChI is InChI=1S/C21H22Cl2N4O4/c1-13(2)10-24-20(29)21(30)27-25-11-14-4-3-5-16(8-14)31-12-19(28)26-18-7-6-15(22)9-17(18)23/h3-9,11,13H,10,12H2,1-2H3,(H,24,29)(H,26,28)(H,27,30)/b25-11-. The van der Waals surface area contributed by atoms with E-state index < -0.39 is 17.7 Å². The van der Waals surface area contributed by atoms with Gasteiger partial charge < -0.3 is 15.4 Å². The maximum atomic E-state index is 12.1. The third-order valence-corrected chi connectivity index (χ3v) is 4.24. The number of nitrogens with one attached hydrogen (secondary N) is 3. The van der Waals surface area contributed by atoms with Crippen LogP contribution in [0.1, 0.15) is 19.4 Å². The molecule has 0 unspecified atom stereocenters. The van der Waals surface area contributed by atoms with Gasteiger partial charge in [-0.15, -0.1) is 0 Å². The minimum absolute atomic E-state index is 0.230. The fourth-order valence-corrected chi connectivity index (χ4v) is 2.66. The molecule has 164 valence electrons. The highest BCUT2D eigenvalue weighted by molar-refractivity contribution is 6.36. The van der Waals surface area contributed by atoms with Crippen molar-refractivity contribution in [2.45, 2.75) is 13.8 Å². The number of ether oxygens (including phenoxy) is 1. The second kappa shape index (κ2) is 11.9.